The monoisotopic (exact) mass is 352 g/mol. The number of allylic oxidation sites excluding steroid dienone is 1. The molecule has 7 rings (SSSR count). The van der Waals surface area contributed by atoms with E-state index >= 15 is 0 Å². The van der Waals surface area contributed by atoms with Gasteiger partial charge in [-0.1, -0.05) is 29.8 Å². The van der Waals surface area contributed by atoms with Gasteiger partial charge in [0.1, 0.15) is 5.41 Å². The molecule has 8 atom stereocenters. The van der Waals surface area contributed by atoms with E-state index in [1.165, 1.54) is 18.2 Å². The van der Waals surface area contributed by atoms with Crippen molar-refractivity contribution in [3.05, 3.63) is 41.5 Å². The van der Waals surface area contributed by atoms with E-state index < -0.39 is 16.9 Å². The number of aliphatic hydroxyl groups excluding tert-OH is 1. The van der Waals surface area contributed by atoms with E-state index in [1.807, 2.05) is 12.1 Å². The van der Waals surface area contributed by atoms with Crippen LogP contribution >= 0.6 is 0 Å². The third-order valence-corrected chi connectivity index (χ3v) is 8.30. The number of para-hydroxylation sites is 1. The number of anilines is 1. The molecule has 6 aliphatic rings. The quantitative estimate of drug-likeness (QED) is 0.595. The zero-order valence-corrected chi connectivity index (χ0v) is 15.1. The van der Waals surface area contributed by atoms with Crippen molar-refractivity contribution in [3.8, 4) is 0 Å². The van der Waals surface area contributed by atoms with E-state index in [0.717, 1.165) is 25.1 Å². The van der Waals surface area contributed by atoms with Crippen molar-refractivity contribution in [1.29, 1.82) is 0 Å². The highest BCUT2D eigenvalue weighted by Gasteiger charge is 2.82. The summed E-state index contributed by atoms with van der Waals surface area (Å²) < 4.78 is 5.34. The Balaban J connectivity index is 1.65. The molecule has 1 saturated carbocycles. The molecule has 5 bridgehead atoms. The molecule has 1 aliphatic carbocycles. The highest BCUT2D eigenvalue weighted by atomic mass is 16.5. The summed E-state index contributed by atoms with van der Waals surface area (Å²) in [4.78, 5) is 15.7. The SMILES string of the molecule is C/C=C1/CN2[C@H]3C[C@H]1[C@@]1(C(=O)OC)[C@H](O)[C@@]4(C[C@@H]21)c1ccccc1N[C@@H]34. The Labute approximate surface area is 153 Å². The molecule has 5 heterocycles. The molecule has 1 aromatic carbocycles. The van der Waals surface area contributed by atoms with Gasteiger partial charge in [-0.3, -0.25) is 9.69 Å². The number of aliphatic hydroxyl groups is 1. The Hall–Kier alpha value is -1.85. The van der Waals surface area contributed by atoms with Crippen molar-refractivity contribution < 1.29 is 14.6 Å². The molecule has 1 aromatic rings. The van der Waals surface area contributed by atoms with E-state index in [-0.39, 0.29) is 24.0 Å². The van der Waals surface area contributed by atoms with Crippen LogP contribution in [-0.2, 0) is 14.9 Å². The molecule has 5 heteroatoms. The highest BCUT2D eigenvalue weighted by Crippen LogP contribution is 2.71. The summed E-state index contributed by atoms with van der Waals surface area (Å²) in [6, 6.07) is 8.89. The molecular weight excluding hydrogens is 328 g/mol. The summed E-state index contributed by atoms with van der Waals surface area (Å²) in [6.07, 6.45) is 3.15. The van der Waals surface area contributed by atoms with E-state index in [1.54, 1.807) is 0 Å². The van der Waals surface area contributed by atoms with Crippen LogP contribution in [0.4, 0.5) is 5.69 Å². The van der Waals surface area contributed by atoms with Gasteiger partial charge in [-0.05, 0) is 31.4 Å². The van der Waals surface area contributed by atoms with Crippen LogP contribution in [-0.4, -0.2) is 53.9 Å². The molecule has 0 amide bonds. The number of hydrogen-bond donors (Lipinski definition) is 2. The first-order valence-corrected chi connectivity index (χ1v) is 9.64. The molecule has 1 unspecified atom stereocenters. The minimum absolute atomic E-state index is 0.0570. The molecule has 0 aromatic heterocycles. The summed E-state index contributed by atoms with van der Waals surface area (Å²) in [5.41, 5.74) is 2.34. The Morgan fingerprint density at radius 3 is 3.00 bits per heavy atom. The van der Waals surface area contributed by atoms with Crippen molar-refractivity contribution in [1.82, 2.24) is 4.90 Å². The standard InChI is InChI=1S/C21H24N2O3/c1-3-11-10-23-15-8-13(11)21(19(25)26-2)16(23)9-20(18(21)24)12-6-4-5-7-14(12)22-17(15)20/h3-7,13,15-18,22,24H,8-10H2,1-2H3/b11-3-/t13-,15+,16-,17+,18-,20+,21+/m1/s1. The van der Waals surface area contributed by atoms with Crippen molar-refractivity contribution >= 4 is 11.7 Å². The number of hydrogen-bond acceptors (Lipinski definition) is 5. The van der Waals surface area contributed by atoms with Gasteiger partial charge in [0.05, 0.1) is 19.3 Å². The molecule has 26 heavy (non-hydrogen) atoms. The van der Waals surface area contributed by atoms with E-state index in [9.17, 15) is 9.90 Å². The maximum Gasteiger partial charge on any atom is 0.316 e. The Morgan fingerprint density at radius 2 is 2.23 bits per heavy atom. The van der Waals surface area contributed by atoms with Crippen LogP contribution in [0.2, 0.25) is 0 Å². The molecule has 136 valence electrons. The lowest BCUT2D eigenvalue weighted by atomic mass is 9.58. The van der Waals surface area contributed by atoms with Gasteiger partial charge in [0.2, 0.25) is 0 Å². The van der Waals surface area contributed by atoms with Crippen LogP contribution in [0, 0.1) is 11.3 Å². The Morgan fingerprint density at radius 1 is 1.42 bits per heavy atom. The number of ether oxygens (including phenoxy) is 1. The molecule has 2 N–H and O–H groups in total. The lowest BCUT2D eigenvalue weighted by Gasteiger charge is -2.60. The number of benzene rings is 1. The molecule has 5 fully saturated rings. The zero-order chi connectivity index (χ0) is 17.8. The summed E-state index contributed by atoms with van der Waals surface area (Å²) in [5.74, 6) is -0.154. The van der Waals surface area contributed by atoms with Gasteiger partial charge in [-0.25, -0.2) is 0 Å². The maximum atomic E-state index is 13.2. The fourth-order valence-electron chi connectivity index (χ4n) is 7.49. The van der Waals surface area contributed by atoms with E-state index in [0.29, 0.717) is 6.04 Å². The fraction of sp³-hybridized carbons (Fsp3) is 0.571. The zero-order valence-electron chi connectivity index (χ0n) is 15.1. The first kappa shape index (κ1) is 15.2. The van der Waals surface area contributed by atoms with Crippen LogP contribution < -0.4 is 5.32 Å². The minimum atomic E-state index is -0.848. The maximum absolute atomic E-state index is 13.2. The third kappa shape index (κ3) is 1.28. The molecular formula is C21H24N2O3. The van der Waals surface area contributed by atoms with Crippen molar-refractivity contribution in [2.24, 2.45) is 11.3 Å². The normalized spacial score (nSPS) is 50.5. The third-order valence-electron chi connectivity index (χ3n) is 8.30. The first-order valence-electron chi connectivity index (χ1n) is 9.64. The summed E-state index contributed by atoms with van der Waals surface area (Å²) in [7, 11) is 1.46. The lowest BCUT2D eigenvalue weighted by molar-refractivity contribution is -0.179. The number of nitrogens with one attached hydrogen (secondary N) is 1. The molecule has 5 aliphatic heterocycles. The number of piperidine rings is 4. The number of nitrogens with zero attached hydrogens (tertiary/aromatic N) is 1. The van der Waals surface area contributed by atoms with E-state index in [4.69, 9.17) is 4.74 Å². The number of methoxy groups -OCH3 is 1. The van der Waals surface area contributed by atoms with E-state index in [2.05, 4.69) is 35.3 Å². The Bertz CT molecular complexity index is 867. The number of carbonyl (C=O) groups is 1. The number of carbonyl (C=O) groups excluding carboxylic acids is 1. The first-order chi connectivity index (χ1) is 12.6. The highest BCUT2D eigenvalue weighted by molar-refractivity contribution is 5.84. The summed E-state index contributed by atoms with van der Waals surface area (Å²) >= 11 is 0. The molecule has 0 radical (unpaired) electrons. The second-order valence-corrected chi connectivity index (χ2v) is 8.65. The molecule has 5 nitrogen and oxygen atoms in total. The van der Waals surface area contributed by atoms with Crippen LogP contribution in [0.1, 0.15) is 25.3 Å². The van der Waals surface area contributed by atoms with Crippen LogP contribution in [0.25, 0.3) is 0 Å². The predicted octanol–water partition coefficient (Wildman–Crippen LogP) is 1.68. The van der Waals surface area contributed by atoms with Gasteiger partial charge in [-0.2, -0.15) is 0 Å². The van der Waals surface area contributed by atoms with Crippen LogP contribution in [0.5, 0.6) is 0 Å². The average molecular weight is 352 g/mol. The topological polar surface area (TPSA) is 61.8 Å². The van der Waals surface area contributed by atoms with Gasteiger partial charge < -0.3 is 15.2 Å². The van der Waals surface area contributed by atoms with Crippen molar-refractivity contribution in [3.63, 3.8) is 0 Å². The van der Waals surface area contributed by atoms with Gasteiger partial charge in [0.15, 0.2) is 0 Å². The average Bonchev–Trinajstić information content (AvgIpc) is 3.13. The van der Waals surface area contributed by atoms with Crippen LogP contribution in [0.15, 0.2) is 35.9 Å². The Kier molecular flexibility index (Phi) is 2.65. The number of esters is 1. The van der Waals surface area contributed by atoms with Gasteiger partial charge in [0.25, 0.3) is 0 Å². The molecule has 4 saturated heterocycles. The molecule has 1 spiro atoms. The minimum Gasteiger partial charge on any atom is -0.468 e. The fourth-order valence-corrected chi connectivity index (χ4v) is 7.49. The second-order valence-electron chi connectivity index (χ2n) is 8.65. The van der Waals surface area contributed by atoms with Gasteiger partial charge in [-0.15, -0.1) is 0 Å². The lowest BCUT2D eigenvalue weighted by Crippen LogP contribution is -2.71. The predicted molar refractivity (Wildman–Crippen MR) is 96.7 cm³/mol. The van der Waals surface area contributed by atoms with Gasteiger partial charge >= 0.3 is 5.97 Å². The summed E-state index contributed by atoms with van der Waals surface area (Å²) in [6.45, 7) is 2.96. The van der Waals surface area contributed by atoms with Gasteiger partial charge in [0, 0.05) is 35.6 Å². The van der Waals surface area contributed by atoms with Crippen LogP contribution in [0.3, 0.4) is 0 Å². The van der Waals surface area contributed by atoms with Crippen molar-refractivity contribution in [2.45, 2.75) is 49.4 Å². The largest absolute Gasteiger partial charge is 0.468 e. The second kappa shape index (κ2) is 4.52. The van der Waals surface area contributed by atoms with Crippen molar-refractivity contribution in [2.75, 3.05) is 19.0 Å². The summed E-state index contributed by atoms with van der Waals surface area (Å²) in [5, 5.41) is 15.6. The number of rotatable bonds is 1. The number of fused-ring (bicyclic) bond motifs is 2. The smallest absolute Gasteiger partial charge is 0.316 e.